The molecule has 2 N–H and O–H groups in total. The molecule has 2 rings (SSSR count). The Labute approximate surface area is 142 Å². The first kappa shape index (κ1) is 17.6. The van der Waals surface area contributed by atoms with Gasteiger partial charge in [0.15, 0.2) is 5.69 Å². The lowest BCUT2D eigenvalue weighted by atomic mass is 10.1. The van der Waals surface area contributed by atoms with Crippen LogP contribution in [-0.4, -0.2) is 46.4 Å². The van der Waals surface area contributed by atoms with E-state index in [-0.39, 0.29) is 24.1 Å². The molecule has 1 aromatic carbocycles. The summed E-state index contributed by atoms with van der Waals surface area (Å²) >= 11 is 1.25. The van der Waals surface area contributed by atoms with Crippen molar-refractivity contribution < 1.29 is 19.5 Å². The zero-order chi connectivity index (χ0) is 17.7. The van der Waals surface area contributed by atoms with Gasteiger partial charge in [-0.05, 0) is 11.6 Å². The molecule has 0 aliphatic rings. The molecule has 24 heavy (non-hydrogen) atoms. The number of carboxylic acid groups (broad SMARTS) is 1. The molecule has 0 saturated heterocycles. The van der Waals surface area contributed by atoms with Gasteiger partial charge in [0, 0.05) is 31.5 Å². The van der Waals surface area contributed by atoms with Gasteiger partial charge in [-0.3, -0.25) is 9.59 Å². The van der Waals surface area contributed by atoms with Crippen LogP contribution in [0.2, 0.25) is 0 Å². The second-order valence-corrected chi connectivity index (χ2v) is 6.05. The fraction of sp³-hybridized carbons (Fsp3) is 0.250. The van der Waals surface area contributed by atoms with Gasteiger partial charge < -0.3 is 15.3 Å². The van der Waals surface area contributed by atoms with Crippen LogP contribution in [-0.2, 0) is 16.1 Å². The first-order valence-corrected chi connectivity index (χ1v) is 8.01. The molecule has 2 amide bonds. The summed E-state index contributed by atoms with van der Waals surface area (Å²) < 4.78 is 0. The number of carbonyl (C=O) groups excluding carboxylic acids is 2. The molecule has 1 heterocycles. The third kappa shape index (κ3) is 4.63. The monoisotopic (exact) mass is 347 g/mol. The third-order valence-electron chi connectivity index (χ3n) is 3.31. The molecule has 0 saturated carbocycles. The van der Waals surface area contributed by atoms with Gasteiger partial charge in [-0.25, -0.2) is 9.78 Å². The number of rotatable bonds is 6. The molecule has 7 nitrogen and oxygen atoms in total. The predicted molar refractivity (Wildman–Crippen MR) is 89.7 cm³/mol. The lowest BCUT2D eigenvalue weighted by Crippen LogP contribution is -2.36. The minimum atomic E-state index is -1.06. The molecule has 0 aliphatic heterocycles. The fourth-order valence-electron chi connectivity index (χ4n) is 1.90. The smallest absolute Gasteiger partial charge is 0.355 e. The number of likely N-dealkylation sites (N-methyl/N-ethyl adjacent to an activating group) is 1. The number of aromatic nitrogens is 1. The molecule has 2 aromatic rings. The largest absolute Gasteiger partial charge is 0.476 e. The van der Waals surface area contributed by atoms with Gasteiger partial charge in [0.2, 0.25) is 11.8 Å². The number of carboxylic acids is 1. The Morgan fingerprint density at radius 1 is 1.33 bits per heavy atom. The van der Waals surface area contributed by atoms with Crippen molar-refractivity contribution in [3.8, 4) is 10.6 Å². The van der Waals surface area contributed by atoms with E-state index in [1.165, 1.54) is 28.5 Å². The summed E-state index contributed by atoms with van der Waals surface area (Å²) in [6, 6.07) is 7.35. The van der Waals surface area contributed by atoms with Gasteiger partial charge in [-0.2, -0.15) is 0 Å². The Morgan fingerprint density at radius 3 is 2.71 bits per heavy atom. The lowest BCUT2D eigenvalue weighted by Gasteiger charge is -2.14. The Hall–Kier alpha value is -2.74. The van der Waals surface area contributed by atoms with Gasteiger partial charge in [0.25, 0.3) is 0 Å². The molecular formula is C16H17N3O4S. The molecule has 0 fully saturated rings. The van der Waals surface area contributed by atoms with Crippen molar-refractivity contribution in [1.82, 2.24) is 15.2 Å². The normalized spacial score (nSPS) is 10.2. The van der Waals surface area contributed by atoms with Crippen LogP contribution in [0.15, 0.2) is 29.6 Å². The molecule has 0 atom stereocenters. The summed E-state index contributed by atoms with van der Waals surface area (Å²) in [7, 11) is 1.56. The van der Waals surface area contributed by atoms with Crippen LogP contribution in [0.4, 0.5) is 0 Å². The van der Waals surface area contributed by atoms with Crippen molar-refractivity contribution in [2.75, 3.05) is 13.6 Å². The summed E-state index contributed by atoms with van der Waals surface area (Å²) in [5.74, 6) is -1.49. The van der Waals surface area contributed by atoms with E-state index >= 15 is 0 Å². The fourth-order valence-corrected chi connectivity index (χ4v) is 2.69. The second-order valence-electron chi connectivity index (χ2n) is 5.20. The van der Waals surface area contributed by atoms with Crippen LogP contribution in [0.3, 0.4) is 0 Å². The quantitative estimate of drug-likeness (QED) is 0.827. The topological polar surface area (TPSA) is 99.6 Å². The van der Waals surface area contributed by atoms with Gasteiger partial charge >= 0.3 is 5.97 Å². The molecule has 1 aromatic heterocycles. The van der Waals surface area contributed by atoms with E-state index in [9.17, 15) is 14.4 Å². The third-order valence-corrected chi connectivity index (χ3v) is 4.20. The number of hydrogen-bond donors (Lipinski definition) is 2. The molecule has 0 aliphatic carbocycles. The molecule has 0 radical (unpaired) electrons. The number of benzene rings is 1. The van der Waals surface area contributed by atoms with Crippen molar-refractivity contribution >= 4 is 29.1 Å². The number of nitrogens with one attached hydrogen (secondary N) is 1. The highest BCUT2D eigenvalue weighted by molar-refractivity contribution is 7.13. The highest BCUT2D eigenvalue weighted by Crippen LogP contribution is 2.24. The van der Waals surface area contributed by atoms with E-state index in [0.717, 1.165) is 11.1 Å². The van der Waals surface area contributed by atoms with Crippen molar-refractivity contribution in [1.29, 1.82) is 0 Å². The summed E-state index contributed by atoms with van der Waals surface area (Å²) in [4.78, 5) is 39.2. The van der Waals surface area contributed by atoms with Crippen LogP contribution in [0.25, 0.3) is 10.6 Å². The first-order chi connectivity index (χ1) is 11.4. The Bertz CT molecular complexity index is 772. The Balaban J connectivity index is 2.01. The number of nitrogens with zero attached hydrogens (tertiary/aromatic N) is 2. The SMILES string of the molecule is CC(=O)N(C)CC(=O)NCc1cccc(-c2nc(C(=O)O)cs2)c1. The van der Waals surface area contributed by atoms with Crippen molar-refractivity contribution in [3.05, 3.63) is 40.9 Å². The maximum absolute atomic E-state index is 11.8. The molecule has 126 valence electrons. The van der Waals surface area contributed by atoms with E-state index in [2.05, 4.69) is 10.3 Å². The minimum Gasteiger partial charge on any atom is -0.476 e. The molecular weight excluding hydrogens is 330 g/mol. The first-order valence-electron chi connectivity index (χ1n) is 7.13. The average Bonchev–Trinajstić information content (AvgIpc) is 3.03. The van der Waals surface area contributed by atoms with Gasteiger partial charge in [-0.15, -0.1) is 11.3 Å². The average molecular weight is 347 g/mol. The summed E-state index contributed by atoms with van der Waals surface area (Å²) in [6.07, 6.45) is 0. The van der Waals surface area contributed by atoms with E-state index in [1.54, 1.807) is 7.05 Å². The maximum atomic E-state index is 11.8. The second kappa shape index (κ2) is 7.69. The van der Waals surface area contributed by atoms with Crippen LogP contribution in [0.1, 0.15) is 23.0 Å². The van der Waals surface area contributed by atoms with Crippen molar-refractivity contribution in [3.63, 3.8) is 0 Å². The summed E-state index contributed by atoms with van der Waals surface area (Å²) in [5.41, 5.74) is 1.67. The predicted octanol–water partition coefficient (Wildman–Crippen LogP) is 1.60. The van der Waals surface area contributed by atoms with Crippen LogP contribution < -0.4 is 5.32 Å². The maximum Gasteiger partial charge on any atom is 0.355 e. The minimum absolute atomic E-state index is 0.00345. The van der Waals surface area contributed by atoms with Gasteiger partial charge in [-0.1, -0.05) is 18.2 Å². The number of carbonyl (C=O) groups is 3. The van der Waals surface area contributed by atoms with E-state index in [4.69, 9.17) is 5.11 Å². The molecule has 0 bridgehead atoms. The van der Waals surface area contributed by atoms with Crippen molar-refractivity contribution in [2.24, 2.45) is 0 Å². The van der Waals surface area contributed by atoms with Gasteiger partial charge in [0.1, 0.15) is 5.01 Å². The number of hydrogen-bond acceptors (Lipinski definition) is 5. The molecule has 8 heteroatoms. The zero-order valence-corrected chi connectivity index (χ0v) is 14.1. The van der Waals surface area contributed by atoms with E-state index in [0.29, 0.717) is 11.6 Å². The molecule has 0 spiro atoms. The van der Waals surface area contributed by atoms with Crippen LogP contribution in [0, 0.1) is 0 Å². The highest BCUT2D eigenvalue weighted by atomic mass is 32.1. The van der Waals surface area contributed by atoms with E-state index < -0.39 is 5.97 Å². The van der Waals surface area contributed by atoms with Crippen LogP contribution >= 0.6 is 11.3 Å². The summed E-state index contributed by atoms with van der Waals surface area (Å²) in [6.45, 7) is 1.72. The Kier molecular flexibility index (Phi) is 5.64. The van der Waals surface area contributed by atoms with Crippen LogP contribution in [0.5, 0.6) is 0 Å². The number of amides is 2. The molecule has 0 unspecified atom stereocenters. The number of thiazole rings is 1. The van der Waals surface area contributed by atoms with Gasteiger partial charge in [0.05, 0.1) is 6.54 Å². The zero-order valence-electron chi connectivity index (χ0n) is 13.3. The standard InChI is InChI=1S/C16H17N3O4S/c1-10(20)19(2)8-14(21)17-7-11-4-3-5-12(6-11)15-18-13(9-24-15)16(22)23/h3-6,9H,7-8H2,1-2H3,(H,17,21)(H,22,23). The lowest BCUT2D eigenvalue weighted by molar-refractivity contribution is -0.133. The Morgan fingerprint density at radius 2 is 2.08 bits per heavy atom. The summed E-state index contributed by atoms with van der Waals surface area (Å²) in [5, 5.41) is 13.8. The number of aromatic carboxylic acids is 1. The highest BCUT2D eigenvalue weighted by Gasteiger charge is 2.11. The van der Waals surface area contributed by atoms with Crippen molar-refractivity contribution in [2.45, 2.75) is 13.5 Å². The van der Waals surface area contributed by atoms with E-state index in [1.807, 2.05) is 24.3 Å².